The van der Waals surface area contributed by atoms with Crippen LogP contribution in [0.15, 0.2) is 10.6 Å². The Kier molecular flexibility index (Phi) is 3.88. The molecule has 1 amide bonds. The Hall–Kier alpha value is -2.15. The molecule has 1 aliphatic carbocycles. The fourth-order valence-corrected chi connectivity index (χ4v) is 3.36. The maximum atomic E-state index is 12.8. The van der Waals surface area contributed by atoms with E-state index in [-0.39, 0.29) is 17.9 Å². The van der Waals surface area contributed by atoms with E-state index >= 15 is 0 Å². The molecule has 0 radical (unpaired) electrons. The average molecular weight is 330 g/mol. The highest BCUT2D eigenvalue weighted by Gasteiger charge is 2.35. The molecule has 2 N–H and O–H groups in total. The van der Waals surface area contributed by atoms with Crippen molar-refractivity contribution >= 4 is 5.91 Å². The minimum Gasteiger partial charge on any atom is -0.379 e. The van der Waals surface area contributed by atoms with Crippen LogP contribution >= 0.6 is 0 Å². The number of carbonyl (C=O) groups excluding carboxylic acids is 1. The van der Waals surface area contributed by atoms with Gasteiger partial charge in [0, 0.05) is 30.0 Å². The minimum absolute atomic E-state index is 0.0238. The lowest BCUT2D eigenvalue weighted by atomic mass is 9.97. The first-order valence-corrected chi connectivity index (χ1v) is 8.47. The third kappa shape index (κ3) is 2.96. The standard InChI is InChI=1S/C17H22N4O3/c1-9-5-13(24-21-9)6-12-7-23-8-14(12)18-17(22)15-10(2)19-20-16(15)11-3-4-11/h5,11-12,14H,3-4,6-8H2,1-2H3,(H,18,22)(H,19,20)/t12-,14+/m1/s1. The molecule has 7 nitrogen and oxygen atoms in total. The molecule has 4 rings (SSSR count). The fraction of sp³-hybridized carbons (Fsp3) is 0.588. The zero-order valence-electron chi connectivity index (χ0n) is 14.0. The zero-order valence-corrected chi connectivity index (χ0v) is 14.0. The van der Waals surface area contributed by atoms with E-state index in [9.17, 15) is 4.79 Å². The van der Waals surface area contributed by atoms with Gasteiger partial charge in [-0.2, -0.15) is 5.10 Å². The van der Waals surface area contributed by atoms with Crippen molar-refractivity contribution in [2.24, 2.45) is 5.92 Å². The van der Waals surface area contributed by atoms with Gasteiger partial charge in [-0.3, -0.25) is 9.89 Å². The quantitative estimate of drug-likeness (QED) is 0.873. The van der Waals surface area contributed by atoms with Crippen LogP contribution < -0.4 is 5.32 Å². The number of H-pyrrole nitrogens is 1. The van der Waals surface area contributed by atoms with E-state index in [1.54, 1.807) is 0 Å². The summed E-state index contributed by atoms with van der Waals surface area (Å²) >= 11 is 0. The van der Waals surface area contributed by atoms with E-state index in [0.717, 1.165) is 35.7 Å². The first-order chi connectivity index (χ1) is 11.6. The number of ether oxygens (including phenoxy) is 1. The van der Waals surface area contributed by atoms with Gasteiger partial charge in [0.1, 0.15) is 5.76 Å². The number of hydrogen-bond acceptors (Lipinski definition) is 5. The van der Waals surface area contributed by atoms with Crippen molar-refractivity contribution in [3.63, 3.8) is 0 Å². The van der Waals surface area contributed by atoms with E-state index in [0.29, 0.717) is 31.1 Å². The third-order valence-corrected chi connectivity index (χ3v) is 4.82. The Morgan fingerprint density at radius 1 is 1.38 bits per heavy atom. The van der Waals surface area contributed by atoms with Crippen molar-refractivity contribution in [3.05, 3.63) is 34.5 Å². The molecule has 2 atom stereocenters. The molecule has 2 aromatic heterocycles. The fourth-order valence-electron chi connectivity index (χ4n) is 3.36. The summed E-state index contributed by atoms with van der Waals surface area (Å²) in [7, 11) is 0. The van der Waals surface area contributed by atoms with E-state index in [2.05, 4.69) is 20.7 Å². The molecule has 2 fully saturated rings. The molecule has 0 spiro atoms. The van der Waals surface area contributed by atoms with Crippen LogP contribution in [-0.4, -0.2) is 40.5 Å². The zero-order chi connectivity index (χ0) is 16.7. The van der Waals surface area contributed by atoms with Crippen LogP contribution in [0.4, 0.5) is 0 Å². The summed E-state index contributed by atoms with van der Waals surface area (Å²) in [4.78, 5) is 12.8. The smallest absolute Gasteiger partial charge is 0.255 e. The van der Waals surface area contributed by atoms with Gasteiger partial charge in [0.2, 0.25) is 0 Å². The van der Waals surface area contributed by atoms with Crippen LogP contribution in [0.25, 0.3) is 0 Å². The van der Waals surface area contributed by atoms with Crippen LogP contribution in [0.1, 0.15) is 52.0 Å². The Balaban J connectivity index is 1.45. The summed E-state index contributed by atoms with van der Waals surface area (Å²) in [6.07, 6.45) is 2.95. The van der Waals surface area contributed by atoms with Crippen molar-refractivity contribution in [3.8, 4) is 0 Å². The molecular weight excluding hydrogens is 308 g/mol. The Morgan fingerprint density at radius 3 is 2.92 bits per heavy atom. The van der Waals surface area contributed by atoms with Gasteiger partial charge in [0.05, 0.1) is 36.2 Å². The van der Waals surface area contributed by atoms with Crippen molar-refractivity contribution in [2.45, 2.75) is 45.1 Å². The van der Waals surface area contributed by atoms with Gasteiger partial charge in [-0.15, -0.1) is 0 Å². The highest BCUT2D eigenvalue weighted by molar-refractivity contribution is 5.96. The van der Waals surface area contributed by atoms with Gasteiger partial charge in [-0.1, -0.05) is 5.16 Å². The van der Waals surface area contributed by atoms with E-state index < -0.39 is 0 Å². The molecule has 0 unspecified atom stereocenters. The van der Waals surface area contributed by atoms with Gasteiger partial charge >= 0.3 is 0 Å². The summed E-state index contributed by atoms with van der Waals surface area (Å²) in [5, 5.41) is 14.3. The maximum absolute atomic E-state index is 12.8. The average Bonchev–Trinajstić information content (AvgIpc) is 2.99. The Morgan fingerprint density at radius 2 is 2.21 bits per heavy atom. The molecule has 0 bridgehead atoms. The van der Waals surface area contributed by atoms with Crippen molar-refractivity contribution < 1.29 is 14.1 Å². The second-order valence-corrected chi connectivity index (χ2v) is 6.90. The molecular formula is C17H22N4O3. The number of rotatable bonds is 5. The molecule has 2 aromatic rings. The highest BCUT2D eigenvalue weighted by Crippen LogP contribution is 2.41. The summed E-state index contributed by atoms with van der Waals surface area (Å²) in [6, 6.07) is 1.91. The topological polar surface area (TPSA) is 93.0 Å². The summed E-state index contributed by atoms with van der Waals surface area (Å²) < 4.78 is 10.9. The van der Waals surface area contributed by atoms with Gasteiger partial charge in [-0.05, 0) is 26.7 Å². The van der Waals surface area contributed by atoms with Gasteiger partial charge < -0.3 is 14.6 Å². The maximum Gasteiger partial charge on any atom is 0.255 e. The molecule has 128 valence electrons. The van der Waals surface area contributed by atoms with Gasteiger partial charge in [0.25, 0.3) is 5.91 Å². The number of amides is 1. The summed E-state index contributed by atoms with van der Waals surface area (Å²) in [5.41, 5.74) is 3.31. The molecule has 1 saturated carbocycles. The third-order valence-electron chi connectivity index (χ3n) is 4.82. The highest BCUT2D eigenvalue weighted by atomic mass is 16.5. The number of hydrogen-bond donors (Lipinski definition) is 2. The van der Waals surface area contributed by atoms with Crippen LogP contribution in [0.5, 0.6) is 0 Å². The van der Waals surface area contributed by atoms with E-state index in [4.69, 9.17) is 9.26 Å². The summed E-state index contributed by atoms with van der Waals surface area (Å²) in [6.45, 7) is 4.94. The van der Waals surface area contributed by atoms with E-state index in [1.165, 1.54) is 0 Å². The van der Waals surface area contributed by atoms with Crippen molar-refractivity contribution in [2.75, 3.05) is 13.2 Å². The monoisotopic (exact) mass is 330 g/mol. The van der Waals surface area contributed by atoms with Crippen molar-refractivity contribution in [1.29, 1.82) is 0 Å². The number of carbonyl (C=O) groups is 1. The second kappa shape index (κ2) is 6.05. The van der Waals surface area contributed by atoms with Gasteiger partial charge in [-0.25, -0.2) is 0 Å². The first kappa shape index (κ1) is 15.4. The lowest BCUT2D eigenvalue weighted by Crippen LogP contribution is -2.41. The predicted octanol–water partition coefficient (Wildman–Crippen LogP) is 1.88. The lowest BCUT2D eigenvalue weighted by molar-refractivity contribution is 0.0923. The van der Waals surface area contributed by atoms with Crippen LogP contribution in [0.2, 0.25) is 0 Å². The Labute approximate surface area is 140 Å². The van der Waals surface area contributed by atoms with Crippen LogP contribution in [0.3, 0.4) is 0 Å². The Bertz CT molecular complexity index is 747. The SMILES string of the molecule is Cc1cc(C[C@@H]2COC[C@@H]2NC(=O)c2c(C3CC3)n[nH]c2C)on1. The minimum atomic E-state index is -0.0580. The van der Waals surface area contributed by atoms with Crippen LogP contribution in [0, 0.1) is 19.8 Å². The molecule has 0 aromatic carbocycles. The molecule has 7 heteroatoms. The normalized spacial score (nSPS) is 23.6. The largest absolute Gasteiger partial charge is 0.379 e. The predicted molar refractivity (Wildman–Crippen MR) is 85.8 cm³/mol. The number of nitrogens with one attached hydrogen (secondary N) is 2. The molecule has 24 heavy (non-hydrogen) atoms. The number of aryl methyl sites for hydroxylation is 2. The van der Waals surface area contributed by atoms with E-state index in [1.807, 2.05) is 19.9 Å². The van der Waals surface area contributed by atoms with Crippen LogP contribution in [-0.2, 0) is 11.2 Å². The number of aromatic nitrogens is 3. The van der Waals surface area contributed by atoms with Crippen molar-refractivity contribution in [1.82, 2.24) is 20.7 Å². The number of nitrogens with zero attached hydrogens (tertiary/aromatic N) is 2. The summed E-state index contributed by atoms with van der Waals surface area (Å²) in [5.74, 6) is 1.40. The molecule has 3 heterocycles. The molecule has 1 saturated heterocycles. The first-order valence-electron chi connectivity index (χ1n) is 8.47. The molecule has 1 aliphatic heterocycles. The second-order valence-electron chi connectivity index (χ2n) is 6.90. The van der Waals surface area contributed by atoms with Gasteiger partial charge in [0.15, 0.2) is 0 Å². The lowest BCUT2D eigenvalue weighted by Gasteiger charge is -2.18. The number of aromatic amines is 1. The molecule has 2 aliphatic rings.